The molecule has 9 heteroatoms. The lowest BCUT2D eigenvalue weighted by molar-refractivity contribution is -0.113. The number of amides is 2. The Morgan fingerprint density at radius 3 is 2.68 bits per heavy atom. The minimum Gasteiger partial charge on any atom is -0.496 e. The first-order valence-corrected chi connectivity index (χ1v) is 12.4. The van der Waals surface area contributed by atoms with Gasteiger partial charge in [-0.3, -0.25) is 9.59 Å². The normalized spacial score (nSPS) is 10.5. The molecule has 0 bridgehead atoms. The third-order valence-corrected chi connectivity index (χ3v) is 6.67. The van der Waals surface area contributed by atoms with E-state index >= 15 is 0 Å². The van der Waals surface area contributed by atoms with Crippen molar-refractivity contribution in [2.75, 3.05) is 23.5 Å². The van der Waals surface area contributed by atoms with Gasteiger partial charge < -0.3 is 15.4 Å². The van der Waals surface area contributed by atoms with Crippen molar-refractivity contribution in [3.8, 4) is 17.0 Å². The van der Waals surface area contributed by atoms with Crippen molar-refractivity contribution < 1.29 is 14.3 Å². The number of thioether (sulfide) groups is 1. The molecule has 4 aromatic rings. The van der Waals surface area contributed by atoms with E-state index in [9.17, 15) is 9.59 Å². The summed E-state index contributed by atoms with van der Waals surface area (Å²) in [6.45, 7) is 0. The Morgan fingerprint density at radius 1 is 1.03 bits per heavy atom. The second-order valence-corrected chi connectivity index (χ2v) is 9.41. The molecule has 0 aliphatic rings. The number of carbonyl (C=O) groups excluding carboxylic acids is 2. The van der Waals surface area contributed by atoms with Crippen molar-refractivity contribution >= 4 is 57.3 Å². The summed E-state index contributed by atoms with van der Waals surface area (Å²) in [5.74, 6) is 0.509. The Labute approximate surface area is 210 Å². The number of nitrogens with zero attached hydrogens (tertiary/aromatic N) is 1. The number of carbonyl (C=O) groups is 2. The molecule has 0 saturated heterocycles. The molecular weight excluding hydrogens is 490 g/mol. The predicted octanol–water partition coefficient (Wildman–Crippen LogP) is 6.46. The summed E-state index contributed by atoms with van der Waals surface area (Å²) < 4.78 is 5.38. The van der Waals surface area contributed by atoms with Gasteiger partial charge in [0.25, 0.3) is 5.91 Å². The number of hydrogen-bond acceptors (Lipinski definition) is 6. The fraction of sp³-hybridized carbons (Fsp3) is 0.0800. The lowest BCUT2D eigenvalue weighted by Crippen LogP contribution is -2.14. The lowest BCUT2D eigenvalue weighted by Gasteiger charge is -2.08. The van der Waals surface area contributed by atoms with Crippen LogP contribution in [0.4, 0.5) is 10.8 Å². The minimum atomic E-state index is -0.253. The number of thiazole rings is 1. The molecule has 2 N–H and O–H groups in total. The van der Waals surface area contributed by atoms with Gasteiger partial charge in [-0.25, -0.2) is 4.98 Å². The first kappa shape index (κ1) is 23.8. The zero-order valence-corrected chi connectivity index (χ0v) is 20.5. The average Bonchev–Trinajstić information content (AvgIpc) is 3.31. The Kier molecular flexibility index (Phi) is 7.84. The van der Waals surface area contributed by atoms with Gasteiger partial charge in [-0.1, -0.05) is 35.9 Å². The first-order valence-electron chi connectivity index (χ1n) is 10.2. The van der Waals surface area contributed by atoms with Gasteiger partial charge in [-0.2, -0.15) is 0 Å². The van der Waals surface area contributed by atoms with Gasteiger partial charge in [-0.05, 0) is 48.5 Å². The van der Waals surface area contributed by atoms with E-state index in [0.29, 0.717) is 21.4 Å². The number of anilines is 2. The van der Waals surface area contributed by atoms with E-state index < -0.39 is 0 Å². The molecule has 0 fully saturated rings. The van der Waals surface area contributed by atoms with Gasteiger partial charge >= 0.3 is 0 Å². The molecule has 3 aromatic carbocycles. The summed E-state index contributed by atoms with van der Waals surface area (Å²) >= 11 is 8.69. The van der Waals surface area contributed by atoms with Crippen molar-refractivity contribution in [1.29, 1.82) is 0 Å². The molecule has 0 radical (unpaired) electrons. The van der Waals surface area contributed by atoms with Crippen LogP contribution in [-0.4, -0.2) is 29.7 Å². The maximum absolute atomic E-state index is 12.5. The van der Waals surface area contributed by atoms with Crippen molar-refractivity contribution in [3.63, 3.8) is 0 Å². The van der Waals surface area contributed by atoms with E-state index in [1.807, 2.05) is 47.8 Å². The molecule has 0 aliphatic heterocycles. The van der Waals surface area contributed by atoms with Crippen LogP contribution in [0.3, 0.4) is 0 Å². The predicted molar refractivity (Wildman–Crippen MR) is 139 cm³/mol. The van der Waals surface area contributed by atoms with Crippen LogP contribution in [-0.2, 0) is 4.79 Å². The Hall–Kier alpha value is -3.33. The molecule has 1 heterocycles. The number of rotatable bonds is 8. The van der Waals surface area contributed by atoms with Crippen LogP contribution in [0.5, 0.6) is 5.75 Å². The standard InChI is InChI=1S/C25H20ClN3O3S2/c1-32-22-11-3-2-10-20(22)21-14-34-25(28-21)29-23(30)15-33-19-9-5-8-18(13-19)27-24(31)16-6-4-7-17(26)12-16/h2-14H,15H2,1H3,(H,27,31)(H,28,29,30). The van der Waals surface area contributed by atoms with Crippen molar-refractivity contribution in [3.05, 3.63) is 88.8 Å². The summed E-state index contributed by atoms with van der Waals surface area (Å²) in [5, 5.41) is 8.59. The fourth-order valence-corrected chi connectivity index (χ4v) is 4.78. The van der Waals surface area contributed by atoms with Crippen LogP contribution in [0.15, 0.2) is 83.1 Å². The van der Waals surface area contributed by atoms with E-state index in [4.69, 9.17) is 16.3 Å². The van der Waals surface area contributed by atoms with Gasteiger partial charge in [0, 0.05) is 32.1 Å². The molecule has 0 spiro atoms. The third kappa shape index (κ3) is 6.17. The van der Waals surface area contributed by atoms with Gasteiger partial charge in [0.05, 0.1) is 18.6 Å². The van der Waals surface area contributed by atoms with Crippen molar-refractivity contribution in [2.45, 2.75) is 4.90 Å². The summed E-state index contributed by atoms with van der Waals surface area (Å²) in [5.41, 5.74) is 2.72. The zero-order valence-electron chi connectivity index (χ0n) is 18.1. The maximum atomic E-state index is 12.5. The largest absolute Gasteiger partial charge is 0.496 e. The van der Waals surface area contributed by atoms with Gasteiger partial charge in [-0.15, -0.1) is 23.1 Å². The van der Waals surface area contributed by atoms with E-state index in [0.717, 1.165) is 21.9 Å². The summed E-state index contributed by atoms with van der Waals surface area (Å²) in [6.07, 6.45) is 0. The molecule has 4 rings (SSSR count). The molecule has 0 saturated carbocycles. The highest BCUT2D eigenvalue weighted by Crippen LogP contribution is 2.32. The number of aromatic nitrogens is 1. The number of benzene rings is 3. The number of methoxy groups -OCH3 is 1. The zero-order chi connectivity index (χ0) is 23.9. The summed E-state index contributed by atoms with van der Waals surface area (Å²) in [4.78, 5) is 30.3. The summed E-state index contributed by atoms with van der Waals surface area (Å²) in [7, 11) is 1.61. The molecule has 0 unspecified atom stereocenters. The molecule has 6 nitrogen and oxygen atoms in total. The number of hydrogen-bond donors (Lipinski definition) is 2. The van der Waals surface area contributed by atoms with Crippen LogP contribution in [0.25, 0.3) is 11.3 Å². The van der Waals surface area contributed by atoms with Crippen LogP contribution in [0, 0.1) is 0 Å². The highest BCUT2D eigenvalue weighted by Gasteiger charge is 2.12. The number of ether oxygens (including phenoxy) is 1. The quantitative estimate of drug-likeness (QED) is 0.266. The van der Waals surface area contributed by atoms with Crippen LogP contribution in [0.2, 0.25) is 5.02 Å². The second kappa shape index (κ2) is 11.2. The smallest absolute Gasteiger partial charge is 0.255 e. The number of halogens is 1. The topological polar surface area (TPSA) is 80.3 Å². The molecule has 172 valence electrons. The first-order chi connectivity index (χ1) is 16.5. The third-order valence-electron chi connectivity index (χ3n) is 4.68. The average molecular weight is 510 g/mol. The molecule has 1 aromatic heterocycles. The van der Waals surface area contributed by atoms with E-state index in [1.54, 1.807) is 37.4 Å². The number of nitrogens with one attached hydrogen (secondary N) is 2. The summed E-state index contributed by atoms with van der Waals surface area (Å²) in [6, 6.07) is 21.7. The fourth-order valence-electron chi connectivity index (χ4n) is 3.11. The van der Waals surface area contributed by atoms with Crippen molar-refractivity contribution in [1.82, 2.24) is 4.98 Å². The van der Waals surface area contributed by atoms with E-state index in [1.165, 1.54) is 23.1 Å². The van der Waals surface area contributed by atoms with E-state index in [-0.39, 0.29) is 17.6 Å². The maximum Gasteiger partial charge on any atom is 0.255 e. The minimum absolute atomic E-state index is 0.167. The Morgan fingerprint density at radius 2 is 1.85 bits per heavy atom. The van der Waals surface area contributed by atoms with Gasteiger partial charge in [0.2, 0.25) is 5.91 Å². The van der Waals surface area contributed by atoms with E-state index in [2.05, 4.69) is 15.6 Å². The Balaban J connectivity index is 1.33. The van der Waals surface area contributed by atoms with Crippen molar-refractivity contribution in [2.24, 2.45) is 0 Å². The monoisotopic (exact) mass is 509 g/mol. The van der Waals surface area contributed by atoms with Crippen LogP contribution >= 0.6 is 34.7 Å². The second-order valence-electron chi connectivity index (χ2n) is 7.07. The molecular formula is C25H20ClN3O3S2. The highest BCUT2D eigenvalue weighted by atomic mass is 35.5. The van der Waals surface area contributed by atoms with Gasteiger partial charge in [0.1, 0.15) is 5.75 Å². The SMILES string of the molecule is COc1ccccc1-c1csc(NC(=O)CSc2cccc(NC(=O)c3cccc(Cl)c3)c2)n1. The van der Waals surface area contributed by atoms with Crippen LogP contribution in [0.1, 0.15) is 10.4 Å². The molecule has 2 amide bonds. The highest BCUT2D eigenvalue weighted by molar-refractivity contribution is 8.00. The van der Waals surface area contributed by atoms with Gasteiger partial charge in [0.15, 0.2) is 5.13 Å². The van der Waals surface area contributed by atoms with Crippen LogP contribution < -0.4 is 15.4 Å². The molecule has 0 atom stereocenters. The lowest BCUT2D eigenvalue weighted by atomic mass is 10.1. The number of para-hydroxylation sites is 1. The molecule has 34 heavy (non-hydrogen) atoms. The molecule has 0 aliphatic carbocycles. The Bertz CT molecular complexity index is 1330.